The lowest BCUT2D eigenvalue weighted by atomic mass is 10.4. The second-order valence-electron chi connectivity index (χ2n) is 1.84. The molecule has 1 aliphatic rings. The molecule has 1 atom stereocenters. The van der Waals surface area contributed by atoms with Crippen LogP contribution in [-0.4, -0.2) is 23.6 Å². The van der Waals surface area contributed by atoms with E-state index in [9.17, 15) is 4.39 Å². The van der Waals surface area contributed by atoms with E-state index in [0.29, 0.717) is 13.0 Å². The average Bonchev–Trinajstić information content (AvgIpc) is 2.14. The summed E-state index contributed by atoms with van der Waals surface area (Å²) in [6, 6.07) is 0. The van der Waals surface area contributed by atoms with Crippen LogP contribution in [0.15, 0.2) is 0 Å². The van der Waals surface area contributed by atoms with Crippen molar-refractivity contribution in [3.8, 4) is 0 Å². The minimum absolute atomic E-state index is 0.494. The number of halogens is 2. The lowest BCUT2D eigenvalue weighted by Crippen LogP contribution is -2.09. The van der Waals surface area contributed by atoms with Gasteiger partial charge < -0.3 is 0 Å². The van der Waals surface area contributed by atoms with Crippen molar-refractivity contribution >= 4 is 21.8 Å². The monoisotopic (exact) mass is 155 g/mol. The van der Waals surface area contributed by atoms with Crippen LogP contribution < -0.4 is 0 Å². The summed E-state index contributed by atoms with van der Waals surface area (Å²) < 4.78 is 14.1. The Morgan fingerprint density at radius 1 is 1.75 bits per heavy atom. The van der Waals surface area contributed by atoms with Crippen molar-refractivity contribution in [3.63, 3.8) is 0 Å². The predicted molar refractivity (Wildman–Crippen MR) is 34.5 cm³/mol. The van der Waals surface area contributed by atoms with Crippen molar-refractivity contribution < 1.29 is 4.39 Å². The number of hydrogen-bond donors (Lipinski definition) is 0. The fraction of sp³-hybridized carbons (Fsp3) is 1.00. The second kappa shape index (κ2) is 2.90. The van der Waals surface area contributed by atoms with Gasteiger partial charge in [0.1, 0.15) is 6.17 Å². The van der Waals surface area contributed by atoms with Gasteiger partial charge in [-0.3, -0.25) is 0 Å². The Hall–Kier alpha value is 0.530. The first-order valence-corrected chi connectivity index (χ1v) is 4.10. The SMILES string of the molecule is FC1CCN(SCl)C1. The van der Waals surface area contributed by atoms with Crippen LogP contribution in [0.3, 0.4) is 0 Å². The molecule has 1 fully saturated rings. The van der Waals surface area contributed by atoms with E-state index in [4.69, 9.17) is 10.7 Å². The van der Waals surface area contributed by atoms with Gasteiger partial charge in [0.05, 0.1) is 0 Å². The lowest BCUT2D eigenvalue weighted by Gasteiger charge is -2.04. The molecule has 0 aromatic heterocycles. The third kappa shape index (κ3) is 1.50. The molecule has 1 heterocycles. The van der Waals surface area contributed by atoms with Crippen molar-refractivity contribution in [2.24, 2.45) is 0 Å². The van der Waals surface area contributed by atoms with Gasteiger partial charge in [0.15, 0.2) is 0 Å². The Kier molecular flexibility index (Phi) is 2.41. The maximum atomic E-state index is 12.2. The number of rotatable bonds is 1. The Balaban J connectivity index is 2.22. The van der Waals surface area contributed by atoms with E-state index in [2.05, 4.69) is 0 Å². The minimum Gasteiger partial charge on any atom is -0.246 e. The molecule has 48 valence electrons. The smallest absolute Gasteiger partial charge is 0.115 e. The van der Waals surface area contributed by atoms with Gasteiger partial charge in [-0.15, -0.1) is 0 Å². The summed E-state index contributed by atoms with van der Waals surface area (Å²) in [5.41, 5.74) is 0. The van der Waals surface area contributed by atoms with Gasteiger partial charge in [0.25, 0.3) is 0 Å². The van der Waals surface area contributed by atoms with E-state index in [0.717, 1.165) is 17.7 Å². The highest BCUT2D eigenvalue weighted by atomic mass is 35.7. The molecule has 0 radical (unpaired) electrons. The summed E-state index contributed by atoms with van der Waals surface area (Å²) in [4.78, 5) is 0. The Bertz CT molecular complexity index is 82.4. The third-order valence-corrected chi connectivity index (χ3v) is 2.30. The average molecular weight is 156 g/mol. The van der Waals surface area contributed by atoms with E-state index in [-0.39, 0.29) is 0 Å². The van der Waals surface area contributed by atoms with Crippen LogP contribution in [0.4, 0.5) is 4.39 Å². The molecule has 1 aliphatic heterocycles. The van der Waals surface area contributed by atoms with Crippen LogP contribution in [-0.2, 0) is 0 Å². The zero-order chi connectivity index (χ0) is 5.98. The molecule has 0 bridgehead atoms. The Morgan fingerprint density at radius 3 is 2.75 bits per heavy atom. The molecular formula is C4H7ClFNS. The molecule has 0 aromatic carbocycles. The van der Waals surface area contributed by atoms with Crippen molar-refractivity contribution in [1.29, 1.82) is 0 Å². The summed E-state index contributed by atoms with van der Waals surface area (Å²) in [5.74, 6) is 0. The fourth-order valence-corrected chi connectivity index (χ4v) is 1.52. The number of alkyl halides is 1. The van der Waals surface area contributed by atoms with Crippen LogP contribution in [0.25, 0.3) is 0 Å². The highest BCUT2D eigenvalue weighted by molar-refractivity contribution is 8.19. The topological polar surface area (TPSA) is 3.24 Å². The molecule has 0 amide bonds. The van der Waals surface area contributed by atoms with Gasteiger partial charge in [-0.2, -0.15) is 0 Å². The van der Waals surface area contributed by atoms with Crippen molar-refractivity contribution in [3.05, 3.63) is 0 Å². The quantitative estimate of drug-likeness (QED) is 0.532. The zero-order valence-corrected chi connectivity index (χ0v) is 5.88. The molecule has 0 N–H and O–H groups in total. The standard InChI is InChI=1S/C4H7ClFNS/c5-8-7-2-1-4(6)3-7/h4H,1-3H2. The molecule has 8 heavy (non-hydrogen) atoms. The summed E-state index contributed by atoms with van der Waals surface area (Å²) in [7, 11) is 5.35. The summed E-state index contributed by atoms with van der Waals surface area (Å²) in [6.07, 6.45) is -0.0130. The van der Waals surface area contributed by atoms with Gasteiger partial charge >= 0.3 is 0 Å². The van der Waals surface area contributed by atoms with Gasteiger partial charge in [-0.1, -0.05) is 0 Å². The van der Waals surface area contributed by atoms with Crippen molar-refractivity contribution in [2.75, 3.05) is 13.1 Å². The molecule has 1 nitrogen and oxygen atoms in total. The predicted octanol–water partition coefficient (Wildman–Crippen LogP) is 1.83. The van der Waals surface area contributed by atoms with Crippen molar-refractivity contribution in [1.82, 2.24) is 4.31 Å². The van der Waals surface area contributed by atoms with Gasteiger partial charge in [-0.25, -0.2) is 8.70 Å². The normalized spacial score (nSPS) is 31.5. The summed E-state index contributed by atoms with van der Waals surface area (Å²) in [5, 5.41) is 0. The van der Waals surface area contributed by atoms with Gasteiger partial charge in [0.2, 0.25) is 0 Å². The lowest BCUT2D eigenvalue weighted by molar-refractivity contribution is 0.349. The Labute approximate surface area is 56.8 Å². The highest BCUT2D eigenvalue weighted by Gasteiger charge is 2.21. The summed E-state index contributed by atoms with van der Waals surface area (Å²) >= 11 is 1.10. The maximum Gasteiger partial charge on any atom is 0.115 e. The molecule has 1 unspecified atom stereocenters. The molecule has 0 spiro atoms. The summed E-state index contributed by atoms with van der Waals surface area (Å²) in [6.45, 7) is 1.28. The fourth-order valence-electron chi connectivity index (χ4n) is 0.750. The van der Waals surface area contributed by atoms with Crippen LogP contribution >= 0.6 is 21.8 Å². The molecule has 0 aliphatic carbocycles. The van der Waals surface area contributed by atoms with Crippen molar-refractivity contribution in [2.45, 2.75) is 12.6 Å². The maximum absolute atomic E-state index is 12.2. The zero-order valence-electron chi connectivity index (χ0n) is 4.31. The molecule has 0 aromatic rings. The number of nitrogens with zero attached hydrogens (tertiary/aromatic N) is 1. The molecule has 4 heteroatoms. The van der Waals surface area contributed by atoms with E-state index >= 15 is 0 Å². The first-order chi connectivity index (χ1) is 3.83. The first kappa shape index (κ1) is 6.65. The van der Waals surface area contributed by atoms with Gasteiger partial charge in [-0.05, 0) is 17.1 Å². The van der Waals surface area contributed by atoms with Crippen LogP contribution in [0.1, 0.15) is 6.42 Å². The molecule has 0 saturated carbocycles. The van der Waals surface area contributed by atoms with Crippen LogP contribution in [0.5, 0.6) is 0 Å². The molecular weight excluding hydrogens is 149 g/mol. The first-order valence-electron chi connectivity index (χ1n) is 2.50. The van der Waals surface area contributed by atoms with E-state index in [1.54, 1.807) is 0 Å². The molecule has 1 saturated heterocycles. The van der Waals surface area contributed by atoms with E-state index in [1.807, 2.05) is 4.31 Å². The van der Waals surface area contributed by atoms with Crippen LogP contribution in [0.2, 0.25) is 0 Å². The van der Waals surface area contributed by atoms with Crippen LogP contribution in [0, 0.1) is 0 Å². The van der Waals surface area contributed by atoms with E-state index in [1.165, 1.54) is 0 Å². The second-order valence-corrected chi connectivity index (χ2v) is 2.91. The highest BCUT2D eigenvalue weighted by Crippen LogP contribution is 2.22. The number of hydrogen-bond acceptors (Lipinski definition) is 2. The largest absolute Gasteiger partial charge is 0.246 e. The molecule has 1 rings (SSSR count). The van der Waals surface area contributed by atoms with E-state index < -0.39 is 6.17 Å². The third-order valence-electron chi connectivity index (χ3n) is 1.19. The Morgan fingerprint density at radius 2 is 2.50 bits per heavy atom. The minimum atomic E-state index is -0.652. The van der Waals surface area contributed by atoms with Gasteiger partial charge in [0, 0.05) is 24.3 Å².